The summed E-state index contributed by atoms with van der Waals surface area (Å²) in [7, 11) is 1.61. The minimum atomic E-state index is -0.0264. The molecule has 1 fully saturated rings. The highest BCUT2D eigenvalue weighted by atomic mass is 32.2. The van der Waals surface area contributed by atoms with E-state index in [0.717, 1.165) is 18.7 Å². The maximum atomic E-state index is 12.8. The molecule has 0 spiro atoms. The summed E-state index contributed by atoms with van der Waals surface area (Å²) in [5.41, 5.74) is 0.925. The molecule has 0 aliphatic carbocycles. The number of methoxy groups -OCH3 is 1. The van der Waals surface area contributed by atoms with Gasteiger partial charge in [0.25, 0.3) is 5.91 Å². The monoisotopic (exact) mass is 357 g/mol. The molecule has 1 heterocycles. The summed E-state index contributed by atoms with van der Waals surface area (Å²) in [6, 6.07) is 17.1. The van der Waals surface area contributed by atoms with Crippen molar-refractivity contribution in [3.63, 3.8) is 0 Å². The van der Waals surface area contributed by atoms with Gasteiger partial charge in [-0.1, -0.05) is 24.3 Å². The lowest BCUT2D eigenvalue weighted by molar-refractivity contribution is -0.120. The molecule has 132 valence electrons. The Morgan fingerprint density at radius 3 is 2.68 bits per heavy atom. The number of thioether (sulfide) groups is 1. The van der Waals surface area contributed by atoms with Gasteiger partial charge in [-0.25, -0.2) is 0 Å². The number of rotatable bonds is 7. The smallest absolute Gasteiger partial charge is 0.264 e. The van der Waals surface area contributed by atoms with Crippen molar-refractivity contribution in [2.24, 2.45) is 0 Å². The van der Waals surface area contributed by atoms with Gasteiger partial charge < -0.3 is 14.4 Å². The van der Waals surface area contributed by atoms with E-state index >= 15 is 0 Å². The van der Waals surface area contributed by atoms with E-state index in [2.05, 4.69) is 0 Å². The summed E-state index contributed by atoms with van der Waals surface area (Å²) in [5.74, 6) is 2.51. The predicted octanol–water partition coefficient (Wildman–Crippen LogP) is 4.00. The van der Waals surface area contributed by atoms with Crippen LogP contribution in [0, 0.1) is 0 Å². The SMILES string of the molecule is COc1cccc(OCC(=O)N(CC2CCCS2)c2ccccc2)c1. The molecule has 1 saturated heterocycles. The number of benzene rings is 2. The van der Waals surface area contributed by atoms with Crippen molar-refractivity contribution in [3.05, 3.63) is 54.6 Å². The average molecular weight is 357 g/mol. The second-order valence-electron chi connectivity index (χ2n) is 5.94. The normalized spacial score (nSPS) is 16.4. The van der Waals surface area contributed by atoms with Gasteiger partial charge in [0.15, 0.2) is 6.61 Å². The minimum absolute atomic E-state index is 0.0133. The van der Waals surface area contributed by atoms with Gasteiger partial charge in [0.05, 0.1) is 7.11 Å². The van der Waals surface area contributed by atoms with Crippen LogP contribution in [0.1, 0.15) is 12.8 Å². The van der Waals surface area contributed by atoms with Crippen LogP contribution in [0.15, 0.2) is 54.6 Å². The van der Waals surface area contributed by atoms with E-state index in [9.17, 15) is 4.79 Å². The van der Waals surface area contributed by atoms with Gasteiger partial charge in [0.1, 0.15) is 11.5 Å². The van der Waals surface area contributed by atoms with E-state index in [-0.39, 0.29) is 12.5 Å². The summed E-state index contributed by atoms with van der Waals surface area (Å²) in [6.07, 6.45) is 2.39. The van der Waals surface area contributed by atoms with Crippen LogP contribution in [0.4, 0.5) is 5.69 Å². The number of anilines is 1. The number of carbonyl (C=O) groups is 1. The molecule has 1 aliphatic heterocycles. The van der Waals surface area contributed by atoms with Gasteiger partial charge in [-0.05, 0) is 42.9 Å². The molecule has 0 aromatic heterocycles. The van der Waals surface area contributed by atoms with E-state index in [1.165, 1.54) is 12.2 Å². The zero-order valence-electron chi connectivity index (χ0n) is 14.4. The van der Waals surface area contributed by atoms with Crippen molar-refractivity contribution < 1.29 is 14.3 Å². The minimum Gasteiger partial charge on any atom is -0.497 e. The van der Waals surface area contributed by atoms with Gasteiger partial charge in [0.2, 0.25) is 0 Å². The number of carbonyl (C=O) groups excluding carboxylic acids is 1. The van der Waals surface area contributed by atoms with Crippen LogP contribution in [0.3, 0.4) is 0 Å². The Labute approximate surface area is 153 Å². The molecule has 5 heteroatoms. The first-order chi connectivity index (χ1) is 12.3. The lowest BCUT2D eigenvalue weighted by Gasteiger charge is -2.25. The van der Waals surface area contributed by atoms with Crippen LogP contribution in [0.25, 0.3) is 0 Å². The number of hydrogen-bond acceptors (Lipinski definition) is 4. The summed E-state index contributed by atoms with van der Waals surface area (Å²) < 4.78 is 10.9. The van der Waals surface area contributed by atoms with E-state index in [1.807, 2.05) is 65.2 Å². The highest BCUT2D eigenvalue weighted by Gasteiger charge is 2.23. The maximum Gasteiger partial charge on any atom is 0.264 e. The molecule has 1 aliphatic rings. The fourth-order valence-corrected chi connectivity index (χ4v) is 4.12. The highest BCUT2D eigenvalue weighted by molar-refractivity contribution is 8.00. The Bertz CT molecular complexity index is 686. The molecule has 3 rings (SSSR count). The van der Waals surface area contributed by atoms with E-state index < -0.39 is 0 Å². The molecule has 1 amide bonds. The predicted molar refractivity (Wildman–Crippen MR) is 103 cm³/mol. The first-order valence-corrected chi connectivity index (χ1v) is 9.55. The summed E-state index contributed by atoms with van der Waals surface area (Å²) >= 11 is 1.95. The largest absolute Gasteiger partial charge is 0.497 e. The van der Waals surface area contributed by atoms with E-state index in [0.29, 0.717) is 16.7 Å². The number of ether oxygens (including phenoxy) is 2. The zero-order chi connectivity index (χ0) is 17.5. The molecule has 4 nitrogen and oxygen atoms in total. The second kappa shape index (κ2) is 8.81. The fourth-order valence-electron chi connectivity index (χ4n) is 2.87. The van der Waals surface area contributed by atoms with Gasteiger partial charge in [-0.15, -0.1) is 0 Å². The summed E-state index contributed by atoms with van der Waals surface area (Å²) in [4.78, 5) is 14.7. The lowest BCUT2D eigenvalue weighted by Crippen LogP contribution is -2.39. The summed E-state index contributed by atoms with van der Waals surface area (Å²) in [6.45, 7) is 0.744. The fraction of sp³-hybridized carbons (Fsp3) is 0.350. The molecule has 0 radical (unpaired) electrons. The quantitative estimate of drug-likeness (QED) is 0.751. The van der Waals surface area contributed by atoms with Gasteiger partial charge in [0, 0.05) is 23.5 Å². The third kappa shape index (κ3) is 4.92. The van der Waals surface area contributed by atoms with Crippen LogP contribution in [0.5, 0.6) is 11.5 Å². The molecular formula is C20H23NO3S. The molecule has 25 heavy (non-hydrogen) atoms. The maximum absolute atomic E-state index is 12.8. The van der Waals surface area contributed by atoms with E-state index in [1.54, 1.807) is 13.2 Å². The van der Waals surface area contributed by atoms with Crippen molar-refractivity contribution in [3.8, 4) is 11.5 Å². The van der Waals surface area contributed by atoms with Crippen LogP contribution in [-0.2, 0) is 4.79 Å². The molecule has 0 bridgehead atoms. The second-order valence-corrected chi connectivity index (χ2v) is 7.35. The molecule has 0 N–H and O–H groups in total. The summed E-state index contributed by atoms with van der Waals surface area (Å²) in [5, 5.41) is 0.501. The molecule has 2 aromatic rings. The van der Waals surface area contributed by atoms with Crippen molar-refractivity contribution in [2.75, 3.05) is 30.9 Å². The number of para-hydroxylation sites is 1. The topological polar surface area (TPSA) is 38.8 Å². The van der Waals surface area contributed by atoms with Crippen molar-refractivity contribution in [1.29, 1.82) is 0 Å². The van der Waals surface area contributed by atoms with Crippen LogP contribution in [0.2, 0.25) is 0 Å². The molecule has 1 unspecified atom stereocenters. The Kier molecular flexibility index (Phi) is 6.23. The lowest BCUT2D eigenvalue weighted by atomic mass is 10.2. The standard InChI is InChI=1S/C20H23NO3S/c1-23-17-9-5-10-18(13-17)24-15-20(22)21(14-19-11-6-12-25-19)16-7-3-2-4-8-16/h2-5,7-10,13,19H,6,11-12,14-15H2,1H3. The molecule has 2 aromatic carbocycles. The van der Waals surface area contributed by atoms with Crippen LogP contribution < -0.4 is 14.4 Å². The highest BCUT2D eigenvalue weighted by Crippen LogP contribution is 2.28. The molecule has 0 saturated carbocycles. The van der Waals surface area contributed by atoms with Crippen molar-refractivity contribution in [2.45, 2.75) is 18.1 Å². The van der Waals surface area contributed by atoms with E-state index in [4.69, 9.17) is 9.47 Å². The van der Waals surface area contributed by atoms with Crippen LogP contribution in [-0.4, -0.2) is 37.2 Å². The van der Waals surface area contributed by atoms with Crippen LogP contribution >= 0.6 is 11.8 Å². The van der Waals surface area contributed by atoms with Crippen molar-refractivity contribution >= 4 is 23.4 Å². The number of nitrogens with zero attached hydrogens (tertiary/aromatic N) is 1. The Balaban J connectivity index is 1.67. The Morgan fingerprint density at radius 2 is 1.96 bits per heavy atom. The number of hydrogen-bond donors (Lipinski definition) is 0. The Hall–Kier alpha value is -2.14. The molecule has 1 atom stereocenters. The average Bonchev–Trinajstić information content (AvgIpc) is 3.18. The Morgan fingerprint density at radius 1 is 1.16 bits per heavy atom. The van der Waals surface area contributed by atoms with Crippen molar-refractivity contribution in [1.82, 2.24) is 0 Å². The first kappa shape index (κ1) is 17.7. The third-order valence-corrected chi connectivity index (χ3v) is 5.56. The van der Waals surface area contributed by atoms with Gasteiger partial charge in [-0.2, -0.15) is 11.8 Å². The van der Waals surface area contributed by atoms with Gasteiger partial charge >= 0.3 is 0 Å². The number of amides is 1. The molecular weight excluding hydrogens is 334 g/mol. The van der Waals surface area contributed by atoms with Gasteiger partial charge in [-0.3, -0.25) is 4.79 Å². The first-order valence-electron chi connectivity index (χ1n) is 8.50. The third-order valence-electron chi connectivity index (χ3n) is 4.18. The zero-order valence-corrected chi connectivity index (χ0v) is 15.2.